The van der Waals surface area contributed by atoms with Crippen molar-refractivity contribution in [2.24, 2.45) is 0 Å². The molecule has 16 heteroatoms. The van der Waals surface area contributed by atoms with Gasteiger partial charge in [0.15, 0.2) is 29.0 Å². The first-order valence-electron chi connectivity index (χ1n) is 10.2. The van der Waals surface area contributed by atoms with Crippen LogP contribution < -0.4 is 10.2 Å². The fourth-order valence-corrected chi connectivity index (χ4v) is 3.76. The summed E-state index contributed by atoms with van der Waals surface area (Å²) in [6.45, 7) is 0.163. The van der Waals surface area contributed by atoms with E-state index in [1.54, 1.807) is 0 Å². The molecule has 5 heterocycles. The number of alkyl halides is 3. The van der Waals surface area contributed by atoms with E-state index in [0.29, 0.717) is 4.68 Å². The van der Waals surface area contributed by atoms with E-state index in [-0.39, 0.29) is 41.3 Å². The van der Waals surface area contributed by atoms with Crippen LogP contribution in [0.25, 0.3) is 11.6 Å². The molecule has 4 aromatic rings. The molecule has 0 aliphatic carbocycles. The highest BCUT2D eigenvalue weighted by Gasteiger charge is 2.41. The van der Waals surface area contributed by atoms with Crippen molar-refractivity contribution in [1.29, 1.82) is 0 Å². The van der Waals surface area contributed by atoms with Crippen LogP contribution in [-0.2, 0) is 6.18 Å². The molecule has 11 nitrogen and oxygen atoms in total. The normalized spacial score (nSPS) is 14.1. The molecular formula is C20H14ClF4N9O2. The van der Waals surface area contributed by atoms with Crippen molar-refractivity contribution in [3.8, 4) is 11.6 Å². The van der Waals surface area contributed by atoms with Gasteiger partial charge in [0.2, 0.25) is 0 Å². The predicted molar refractivity (Wildman–Crippen MR) is 117 cm³/mol. The van der Waals surface area contributed by atoms with Gasteiger partial charge >= 0.3 is 6.18 Å². The number of amides is 1. The average Bonchev–Trinajstić information content (AvgIpc) is 3.48. The van der Waals surface area contributed by atoms with Crippen LogP contribution in [0.15, 0.2) is 43.0 Å². The molecule has 4 aromatic heterocycles. The maximum Gasteiger partial charge on any atom is 0.434 e. The average molecular weight is 524 g/mol. The first kappa shape index (κ1) is 23.6. The SMILES string of the molecule is O=C(Nc1cnc(-n2nccn2)c(Cl)c1)c1cnn(-c2ccc(F)c(N3CC(O)C3)n2)c1C(F)(F)F. The largest absolute Gasteiger partial charge is 0.434 e. The zero-order valence-electron chi connectivity index (χ0n) is 17.9. The number of aliphatic hydroxyl groups is 1. The summed E-state index contributed by atoms with van der Waals surface area (Å²) in [5.41, 5.74) is -2.20. The van der Waals surface area contributed by atoms with Crippen LogP contribution in [0, 0.1) is 5.82 Å². The number of aromatic nitrogens is 7. The molecule has 5 rings (SSSR count). The number of halogens is 5. The Hall–Kier alpha value is -4.11. The van der Waals surface area contributed by atoms with E-state index in [1.165, 1.54) is 29.6 Å². The fourth-order valence-electron chi connectivity index (χ4n) is 3.52. The maximum atomic E-state index is 14.2. The Bertz CT molecular complexity index is 1440. The molecule has 0 spiro atoms. The van der Waals surface area contributed by atoms with Gasteiger partial charge < -0.3 is 15.3 Å². The highest BCUT2D eigenvalue weighted by molar-refractivity contribution is 6.32. The van der Waals surface area contributed by atoms with Crippen molar-refractivity contribution < 1.29 is 27.5 Å². The molecule has 36 heavy (non-hydrogen) atoms. The van der Waals surface area contributed by atoms with Crippen LogP contribution in [-0.4, -0.2) is 64.9 Å². The Morgan fingerprint density at radius 3 is 2.47 bits per heavy atom. The minimum absolute atomic E-state index is 0.0142. The second-order valence-corrected chi connectivity index (χ2v) is 8.06. The van der Waals surface area contributed by atoms with Gasteiger partial charge in [-0.2, -0.15) is 28.5 Å². The van der Waals surface area contributed by atoms with Gasteiger partial charge in [-0.15, -0.1) is 4.80 Å². The third-order valence-corrected chi connectivity index (χ3v) is 5.44. The summed E-state index contributed by atoms with van der Waals surface area (Å²) in [6.07, 6.45) is -1.000. The van der Waals surface area contributed by atoms with Gasteiger partial charge in [0.05, 0.1) is 47.2 Å². The molecule has 0 atom stereocenters. The number of nitrogens with zero attached hydrogens (tertiary/aromatic N) is 8. The van der Waals surface area contributed by atoms with Gasteiger partial charge in [0, 0.05) is 13.1 Å². The molecule has 1 saturated heterocycles. The lowest BCUT2D eigenvalue weighted by atomic mass is 10.1. The first-order chi connectivity index (χ1) is 17.1. The van der Waals surface area contributed by atoms with E-state index < -0.39 is 35.3 Å². The lowest BCUT2D eigenvalue weighted by molar-refractivity contribution is -0.143. The van der Waals surface area contributed by atoms with Crippen molar-refractivity contribution in [2.45, 2.75) is 12.3 Å². The summed E-state index contributed by atoms with van der Waals surface area (Å²) in [6, 6.07) is 3.22. The number of rotatable bonds is 5. The van der Waals surface area contributed by atoms with Crippen LogP contribution in [0.3, 0.4) is 0 Å². The summed E-state index contributed by atoms with van der Waals surface area (Å²) >= 11 is 6.15. The lowest BCUT2D eigenvalue weighted by Crippen LogP contribution is -2.51. The van der Waals surface area contributed by atoms with Crippen LogP contribution >= 0.6 is 11.6 Å². The van der Waals surface area contributed by atoms with Gasteiger partial charge in [0.25, 0.3) is 5.91 Å². The van der Waals surface area contributed by atoms with Crippen LogP contribution in [0.1, 0.15) is 16.1 Å². The number of anilines is 2. The Labute approximate surface area is 203 Å². The zero-order valence-corrected chi connectivity index (χ0v) is 18.6. The van der Waals surface area contributed by atoms with Crippen LogP contribution in [0.5, 0.6) is 0 Å². The zero-order chi connectivity index (χ0) is 25.6. The van der Waals surface area contributed by atoms with Crippen molar-refractivity contribution >= 4 is 29.0 Å². The van der Waals surface area contributed by atoms with Crippen molar-refractivity contribution in [1.82, 2.24) is 34.7 Å². The van der Waals surface area contributed by atoms with E-state index in [9.17, 15) is 27.5 Å². The second-order valence-electron chi connectivity index (χ2n) is 7.65. The molecule has 0 bridgehead atoms. The Balaban J connectivity index is 1.46. The molecule has 0 aromatic carbocycles. The molecule has 0 radical (unpaired) electrons. The highest BCUT2D eigenvalue weighted by atomic mass is 35.5. The van der Waals surface area contributed by atoms with Gasteiger partial charge in [-0.25, -0.2) is 19.0 Å². The van der Waals surface area contributed by atoms with Crippen LogP contribution in [0.2, 0.25) is 5.02 Å². The Morgan fingerprint density at radius 2 is 1.83 bits per heavy atom. The number of pyridine rings is 2. The summed E-state index contributed by atoms with van der Waals surface area (Å²) < 4.78 is 56.7. The topological polar surface area (TPSA) is 127 Å². The van der Waals surface area contributed by atoms with E-state index in [4.69, 9.17) is 11.6 Å². The predicted octanol–water partition coefficient (Wildman–Crippen LogP) is 2.49. The van der Waals surface area contributed by atoms with Gasteiger partial charge in [-0.3, -0.25) is 4.79 Å². The smallest absolute Gasteiger partial charge is 0.389 e. The number of nitrogens with one attached hydrogen (secondary N) is 1. The standard InChI is InChI=1S/C20H14ClF4N9O2/c21-13-5-10(6-26-17(13)34-27-3-4-28-34)30-19(36)12-7-29-33(16(12)20(23,24)25)15-2-1-14(22)18(31-15)32-8-11(35)9-32/h1-7,11,35H,8-9H2,(H,30,36). The number of carbonyl (C=O) groups is 1. The second kappa shape index (κ2) is 8.83. The summed E-state index contributed by atoms with van der Waals surface area (Å²) in [7, 11) is 0. The van der Waals surface area contributed by atoms with Crippen molar-refractivity contribution in [2.75, 3.05) is 23.3 Å². The molecule has 1 aliphatic rings. The third-order valence-electron chi connectivity index (χ3n) is 5.16. The Kier molecular flexibility index (Phi) is 5.80. The monoisotopic (exact) mass is 523 g/mol. The molecule has 2 N–H and O–H groups in total. The molecular weight excluding hydrogens is 510 g/mol. The number of hydrogen-bond acceptors (Lipinski definition) is 8. The van der Waals surface area contributed by atoms with Gasteiger partial charge in [-0.1, -0.05) is 11.6 Å². The molecule has 1 aliphatic heterocycles. The van der Waals surface area contributed by atoms with Gasteiger partial charge in [0.1, 0.15) is 0 Å². The quantitative estimate of drug-likeness (QED) is 0.382. The molecule has 0 saturated carbocycles. The minimum Gasteiger partial charge on any atom is -0.389 e. The number of aliphatic hydroxyl groups excluding tert-OH is 1. The number of hydrogen-bond donors (Lipinski definition) is 2. The van der Waals surface area contributed by atoms with Crippen molar-refractivity contribution in [3.05, 3.63) is 65.1 Å². The van der Waals surface area contributed by atoms with Crippen molar-refractivity contribution in [3.63, 3.8) is 0 Å². The number of carbonyl (C=O) groups excluding carboxylic acids is 1. The van der Waals surface area contributed by atoms with E-state index >= 15 is 0 Å². The highest BCUT2D eigenvalue weighted by Crippen LogP contribution is 2.34. The first-order valence-corrected chi connectivity index (χ1v) is 10.6. The summed E-state index contributed by atoms with van der Waals surface area (Å²) in [4.78, 5) is 23.3. The van der Waals surface area contributed by atoms with E-state index in [1.807, 2.05) is 0 Å². The molecule has 1 fully saturated rings. The van der Waals surface area contributed by atoms with E-state index in [2.05, 4.69) is 30.6 Å². The fraction of sp³-hybridized carbons (Fsp3) is 0.200. The van der Waals surface area contributed by atoms with E-state index in [0.717, 1.165) is 23.1 Å². The lowest BCUT2D eigenvalue weighted by Gasteiger charge is -2.37. The summed E-state index contributed by atoms with van der Waals surface area (Å²) in [5, 5.41) is 23.2. The molecule has 186 valence electrons. The maximum absolute atomic E-state index is 14.2. The number of β-amino-alcohol motifs (C(OH)–C–C–N with tert-alkyl or cyclic N) is 1. The third kappa shape index (κ3) is 4.33. The van der Waals surface area contributed by atoms with Crippen LogP contribution in [0.4, 0.5) is 29.1 Å². The minimum atomic E-state index is -5.02. The Morgan fingerprint density at radius 1 is 1.11 bits per heavy atom. The molecule has 0 unspecified atom stereocenters. The summed E-state index contributed by atoms with van der Waals surface area (Å²) in [5.74, 6) is -2.36. The van der Waals surface area contributed by atoms with Gasteiger partial charge in [-0.05, 0) is 18.2 Å². The molecule has 1 amide bonds.